The topological polar surface area (TPSA) is 51.2 Å². The molecule has 1 heterocycles. The van der Waals surface area contributed by atoms with E-state index >= 15 is 0 Å². The zero-order valence-corrected chi connectivity index (χ0v) is 10.4. The average molecular weight is 260 g/mol. The molecular formula is C14H13FN2O2. The van der Waals surface area contributed by atoms with Crippen molar-refractivity contribution in [2.45, 2.75) is 6.42 Å². The highest BCUT2D eigenvalue weighted by Gasteiger charge is 2.10. The second-order valence-corrected chi connectivity index (χ2v) is 3.90. The van der Waals surface area contributed by atoms with E-state index in [1.807, 2.05) is 0 Å². The average Bonchev–Trinajstić information content (AvgIpc) is 2.40. The van der Waals surface area contributed by atoms with Gasteiger partial charge in [0.05, 0.1) is 13.5 Å². The Bertz CT molecular complexity index is 573. The number of carbonyl (C=O) groups is 1. The van der Waals surface area contributed by atoms with Gasteiger partial charge in [-0.2, -0.15) is 0 Å². The zero-order valence-electron chi connectivity index (χ0n) is 10.4. The van der Waals surface area contributed by atoms with Gasteiger partial charge < -0.3 is 10.1 Å². The van der Waals surface area contributed by atoms with Gasteiger partial charge >= 0.3 is 0 Å². The number of methoxy groups -OCH3 is 1. The van der Waals surface area contributed by atoms with Crippen molar-refractivity contribution < 1.29 is 13.9 Å². The molecule has 19 heavy (non-hydrogen) atoms. The molecule has 5 heteroatoms. The fraction of sp³-hybridized carbons (Fsp3) is 0.143. The number of rotatable bonds is 4. The van der Waals surface area contributed by atoms with Gasteiger partial charge in [-0.05, 0) is 30.3 Å². The van der Waals surface area contributed by atoms with Gasteiger partial charge in [0.15, 0.2) is 0 Å². The van der Waals surface area contributed by atoms with Gasteiger partial charge in [-0.1, -0.05) is 6.07 Å². The van der Waals surface area contributed by atoms with Crippen LogP contribution >= 0.6 is 0 Å². The van der Waals surface area contributed by atoms with Crippen LogP contribution in [0.15, 0.2) is 42.6 Å². The third-order valence-electron chi connectivity index (χ3n) is 2.53. The summed E-state index contributed by atoms with van der Waals surface area (Å²) in [6.45, 7) is 0. The molecule has 0 saturated carbocycles. The molecule has 0 unspecified atom stereocenters. The number of amides is 1. The maximum absolute atomic E-state index is 13.2. The number of ether oxygens (including phenoxy) is 1. The molecule has 1 aromatic heterocycles. The molecule has 0 spiro atoms. The van der Waals surface area contributed by atoms with Crippen molar-refractivity contribution in [3.63, 3.8) is 0 Å². The van der Waals surface area contributed by atoms with Crippen LogP contribution in [0.2, 0.25) is 0 Å². The normalized spacial score (nSPS) is 10.0. The molecule has 0 bridgehead atoms. The molecule has 0 aliphatic heterocycles. The summed E-state index contributed by atoms with van der Waals surface area (Å²) in [6, 6.07) is 9.28. The maximum atomic E-state index is 13.2. The summed E-state index contributed by atoms with van der Waals surface area (Å²) in [5.41, 5.74) is 0.496. The van der Waals surface area contributed by atoms with E-state index in [1.54, 1.807) is 24.4 Å². The van der Waals surface area contributed by atoms with Crippen molar-refractivity contribution >= 4 is 11.7 Å². The monoisotopic (exact) mass is 260 g/mol. The van der Waals surface area contributed by atoms with Crippen LogP contribution in [0.4, 0.5) is 10.2 Å². The number of hydrogen-bond acceptors (Lipinski definition) is 3. The minimum absolute atomic E-state index is 0.0253. The summed E-state index contributed by atoms with van der Waals surface area (Å²) in [6.07, 6.45) is 1.61. The molecule has 4 nitrogen and oxygen atoms in total. The first-order valence-electron chi connectivity index (χ1n) is 5.72. The highest BCUT2D eigenvalue weighted by Crippen LogP contribution is 2.20. The van der Waals surface area contributed by atoms with E-state index in [0.717, 1.165) is 0 Å². The van der Waals surface area contributed by atoms with Crippen LogP contribution in [0.1, 0.15) is 5.56 Å². The van der Waals surface area contributed by atoms with Crippen molar-refractivity contribution in [1.29, 1.82) is 0 Å². The number of benzene rings is 1. The Morgan fingerprint density at radius 1 is 1.37 bits per heavy atom. The summed E-state index contributed by atoms with van der Waals surface area (Å²) in [4.78, 5) is 15.8. The van der Waals surface area contributed by atoms with Crippen molar-refractivity contribution in [1.82, 2.24) is 4.98 Å². The van der Waals surface area contributed by atoms with E-state index in [1.165, 1.54) is 25.3 Å². The third kappa shape index (κ3) is 3.51. The van der Waals surface area contributed by atoms with Crippen LogP contribution in [0.25, 0.3) is 0 Å². The van der Waals surface area contributed by atoms with Crippen LogP contribution in [-0.2, 0) is 11.2 Å². The number of pyridine rings is 1. The lowest BCUT2D eigenvalue weighted by Gasteiger charge is -2.08. The standard InChI is InChI=1S/C14H13FN2O2/c1-19-12-6-5-11(15)8-10(12)9-14(18)17-13-4-2-3-7-16-13/h2-8H,9H2,1H3,(H,16,17,18). The molecule has 0 fully saturated rings. The van der Waals surface area contributed by atoms with E-state index in [-0.39, 0.29) is 12.3 Å². The Hall–Kier alpha value is -2.43. The molecule has 1 aromatic carbocycles. The maximum Gasteiger partial charge on any atom is 0.230 e. The second-order valence-electron chi connectivity index (χ2n) is 3.90. The van der Waals surface area contributed by atoms with Gasteiger partial charge in [-0.15, -0.1) is 0 Å². The molecule has 0 saturated heterocycles. The second kappa shape index (κ2) is 5.95. The first kappa shape index (κ1) is 13.0. The Balaban J connectivity index is 2.09. The lowest BCUT2D eigenvalue weighted by molar-refractivity contribution is -0.115. The fourth-order valence-corrected chi connectivity index (χ4v) is 1.68. The number of carbonyl (C=O) groups excluding carboxylic acids is 1. The predicted octanol–water partition coefficient (Wildman–Crippen LogP) is 2.41. The zero-order chi connectivity index (χ0) is 13.7. The van der Waals surface area contributed by atoms with Crippen LogP contribution in [0.3, 0.4) is 0 Å². The third-order valence-corrected chi connectivity index (χ3v) is 2.53. The van der Waals surface area contributed by atoms with Crippen molar-refractivity contribution in [3.05, 3.63) is 54.0 Å². The van der Waals surface area contributed by atoms with Gasteiger partial charge in [0, 0.05) is 11.8 Å². The van der Waals surface area contributed by atoms with Crippen molar-refractivity contribution in [2.75, 3.05) is 12.4 Å². The highest BCUT2D eigenvalue weighted by molar-refractivity contribution is 5.91. The predicted molar refractivity (Wildman–Crippen MR) is 69.5 cm³/mol. The largest absolute Gasteiger partial charge is 0.496 e. The summed E-state index contributed by atoms with van der Waals surface area (Å²) in [5, 5.41) is 2.63. The summed E-state index contributed by atoms with van der Waals surface area (Å²) >= 11 is 0. The molecular weight excluding hydrogens is 247 g/mol. The van der Waals surface area contributed by atoms with Gasteiger partial charge in [0.2, 0.25) is 5.91 Å². The summed E-state index contributed by atoms with van der Waals surface area (Å²) < 4.78 is 18.3. The number of nitrogens with one attached hydrogen (secondary N) is 1. The van der Waals surface area contributed by atoms with Crippen molar-refractivity contribution in [2.24, 2.45) is 0 Å². The Labute approximate surface area is 110 Å². The first-order valence-corrected chi connectivity index (χ1v) is 5.72. The number of hydrogen-bond donors (Lipinski definition) is 1. The molecule has 0 aliphatic carbocycles. The lowest BCUT2D eigenvalue weighted by Crippen LogP contribution is -2.15. The first-order chi connectivity index (χ1) is 9.19. The van der Waals surface area contributed by atoms with Crippen LogP contribution in [0, 0.1) is 5.82 Å². The molecule has 2 aromatic rings. The van der Waals surface area contributed by atoms with E-state index in [0.29, 0.717) is 17.1 Å². The molecule has 98 valence electrons. The smallest absolute Gasteiger partial charge is 0.230 e. The van der Waals surface area contributed by atoms with Gasteiger partial charge in [-0.3, -0.25) is 4.79 Å². The van der Waals surface area contributed by atoms with Gasteiger partial charge in [0.1, 0.15) is 17.4 Å². The molecule has 1 amide bonds. The van der Waals surface area contributed by atoms with Crippen LogP contribution in [0.5, 0.6) is 5.75 Å². The number of nitrogens with zero attached hydrogens (tertiary/aromatic N) is 1. The van der Waals surface area contributed by atoms with E-state index in [2.05, 4.69) is 10.3 Å². The molecule has 0 atom stereocenters. The molecule has 2 rings (SSSR count). The van der Waals surface area contributed by atoms with E-state index in [9.17, 15) is 9.18 Å². The van der Waals surface area contributed by atoms with E-state index in [4.69, 9.17) is 4.74 Å². The Kier molecular flexibility index (Phi) is 4.07. The number of aromatic nitrogens is 1. The van der Waals surface area contributed by atoms with Crippen molar-refractivity contribution in [3.8, 4) is 5.75 Å². The summed E-state index contributed by atoms with van der Waals surface area (Å²) in [7, 11) is 1.48. The Morgan fingerprint density at radius 3 is 2.89 bits per heavy atom. The quantitative estimate of drug-likeness (QED) is 0.918. The number of halogens is 1. The Morgan fingerprint density at radius 2 is 2.21 bits per heavy atom. The molecule has 0 radical (unpaired) electrons. The highest BCUT2D eigenvalue weighted by atomic mass is 19.1. The van der Waals surface area contributed by atoms with Crippen LogP contribution < -0.4 is 10.1 Å². The minimum atomic E-state index is -0.401. The van der Waals surface area contributed by atoms with Gasteiger partial charge in [-0.25, -0.2) is 9.37 Å². The fourth-order valence-electron chi connectivity index (χ4n) is 1.68. The lowest BCUT2D eigenvalue weighted by atomic mass is 10.1. The van der Waals surface area contributed by atoms with Gasteiger partial charge in [0.25, 0.3) is 0 Å². The molecule has 0 aliphatic rings. The number of anilines is 1. The van der Waals surface area contributed by atoms with E-state index < -0.39 is 5.82 Å². The van der Waals surface area contributed by atoms with Crippen LogP contribution in [-0.4, -0.2) is 18.0 Å². The minimum Gasteiger partial charge on any atom is -0.496 e. The SMILES string of the molecule is COc1ccc(F)cc1CC(=O)Nc1ccccn1. The molecule has 1 N–H and O–H groups in total. The summed E-state index contributed by atoms with van der Waals surface area (Å²) in [5.74, 6) is 0.268.